The molecule has 0 radical (unpaired) electrons. The molecule has 0 spiro atoms. The van der Waals surface area contributed by atoms with Crippen LogP contribution in [0, 0.1) is 11.3 Å². The molecule has 5 heteroatoms. The highest BCUT2D eigenvalue weighted by Gasteiger charge is 2.28. The van der Waals surface area contributed by atoms with E-state index < -0.39 is 10.0 Å². The molecule has 1 atom stereocenters. The highest BCUT2D eigenvalue weighted by atomic mass is 32.2. The molecular formula is C9H16N2O2S. The molecule has 1 fully saturated rings. The Labute approximate surface area is 85.6 Å². The Bertz CT molecular complexity index is 318. The topological polar surface area (TPSA) is 61.2 Å². The van der Waals surface area contributed by atoms with Crippen LogP contribution in [0.25, 0.3) is 0 Å². The molecule has 0 aliphatic carbocycles. The van der Waals surface area contributed by atoms with Gasteiger partial charge in [0.2, 0.25) is 10.0 Å². The molecule has 4 nitrogen and oxygen atoms in total. The molecule has 0 bridgehead atoms. The van der Waals surface area contributed by atoms with Crippen LogP contribution in [0.2, 0.25) is 0 Å². The standard InChI is InChI=1S/C9H16N2O2S/c1-14(12,13)11-8-3-2-5-9(11)6-4-7-10/h9H,2-6,8H2,1H3. The second-order valence-electron chi connectivity index (χ2n) is 3.72. The van der Waals surface area contributed by atoms with Crippen molar-refractivity contribution in [2.45, 2.75) is 38.1 Å². The summed E-state index contributed by atoms with van der Waals surface area (Å²) in [6.45, 7) is 0.620. The van der Waals surface area contributed by atoms with E-state index in [0.717, 1.165) is 19.3 Å². The third-order valence-corrected chi connectivity index (χ3v) is 3.92. The Morgan fingerprint density at radius 3 is 2.79 bits per heavy atom. The molecule has 0 saturated carbocycles. The smallest absolute Gasteiger partial charge is 0.211 e. The van der Waals surface area contributed by atoms with E-state index in [4.69, 9.17) is 5.26 Å². The summed E-state index contributed by atoms with van der Waals surface area (Å²) in [5, 5.41) is 8.47. The Kier molecular flexibility index (Phi) is 3.90. The van der Waals surface area contributed by atoms with Crippen molar-refractivity contribution in [3.05, 3.63) is 0 Å². The first-order chi connectivity index (χ1) is 6.55. The van der Waals surface area contributed by atoms with E-state index in [2.05, 4.69) is 6.07 Å². The van der Waals surface area contributed by atoms with Gasteiger partial charge in [-0.05, 0) is 19.3 Å². The number of hydrogen-bond donors (Lipinski definition) is 0. The second-order valence-corrected chi connectivity index (χ2v) is 5.66. The van der Waals surface area contributed by atoms with E-state index in [0.29, 0.717) is 19.4 Å². The summed E-state index contributed by atoms with van der Waals surface area (Å²) >= 11 is 0. The highest BCUT2D eigenvalue weighted by Crippen LogP contribution is 2.22. The zero-order valence-corrected chi connectivity index (χ0v) is 9.26. The van der Waals surface area contributed by atoms with Crippen LogP contribution >= 0.6 is 0 Å². The Hall–Kier alpha value is -0.600. The van der Waals surface area contributed by atoms with Gasteiger partial charge in [-0.3, -0.25) is 0 Å². The summed E-state index contributed by atoms with van der Waals surface area (Å²) in [6, 6.07) is 2.12. The third kappa shape index (κ3) is 2.96. The lowest BCUT2D eigenvalue weighted by Crippen LogP contribution is -2.42. The first kappa shape index (κ1) is 11.5. The second kappa shape index (κ2) is 4.76. The van der Waals surface area contributed by atoms with Crippen molar-refractivity contribution in [1.29, 1.82) is 5.26 Å². The SMILES string of the molecule is CS(=O)(=O)N1CCCCC1CCC#N. The number of piperidine rings is 1. The van der Waals surface area contributed by atoms with E-state index in [1.807, 2.05) is 0 Å². The Morgan fingerprint density at radius 1 is 1.50 bits per heavy atom. The summed E-state index contributed by atoms with van der Waals surface area (Å²) in [5.41, 5.74) is 0. The fraction of sp³-hybridized carbons (Fsp3) is 0.889. The van der Waals surface area contributed by atoms with Gasteiger partial charge in [0.05, 0.1) is 12.3 Å². The quantitative estimate of drug-likeness (QED) is 0.710. The number of nitriles is 1. The normalized spacial score (nSPS) is 24.4. The monoisotopic (exact) mass is 216 g/mol. The van der Waals surface area contributed by atoms with Gasteiger partial charge in [-0.2, -0.15) is 9.57 Å². The van der Waals surface area contributed by atoms with Crippen LogP contribution in [0.4, 0.5) is 0 Å². The van der Waals surface area contributed by atoms with E-state index in [1.165, 1.54) is 6.26 Å². The Balaban J connectivity index is 2.65. The van der Waals surface area contributed by atoms with Crippen molar-refractivity contribution in [1.82, 2.24) is 4.31 Å². The molecule has 0 amide bonds. The van der Waals surface area contributed by atoms with Gasteiger partial charge in [0.25, 0.3) is 0 Å². The molecule has 1 unspecified atom stereocenters. The summed E-state index contributed by atoms with van der Waals surface area (Å²) < 4.78 is 24.4. The Morgan fingerprint density at radius 2 is 2.21 bits per heavy atom. The summed E-state index contributed by atoms with van der Waals surface area (Å²) in [4.78, 5) is 0. The first-order valence-electron chi connectivity index (χ1n) is 4.89. The van der Waals surface area contributed by atoms with Gasteiger partial charge in [-0.1, -0.05) is 6.42 Å². The van der Waals surface area contributed by atoms with Crippen molar-refractivity contribution < 1.29 is 8.42 Å². The molecule has 1 aliphatic rings. The molecule has 0 aromatic rings. The minimum atomic E-state index is -3.08. The molecule has 1 rings (SSSR count). The minimum Gasteiger partial charge on any atom is -0.212 e. The van der Waals surface area contributed by atoms with Crippen LogP contribution < -0.4 is 0 Å². The van der Waals surface area contributed by atoms with E-state index >= 15 is 0 Å². The van der Waals surface area contributed by atoms with Gasteiger partial charge in [-0.25, -0.2) is 8.42 Å². The maximum atomic E-state index is 11.4. The molecule has 14 heavy (non-hydrogen) atoms. The van der Waals surface area contributed by atoms with Crippen LogP contribution in [0.3, 0.4) is 0 Å². The van der Waals surface area contributed by atoms with Crippen LogP contribution in [0.5, 0.6) is 0 Å². The van der Waals surface area contributed by atoms with Crippen molar-refractivity contribution in [2.24, 2.45) is 0 Å². The van der Waals surface area contributed by atoms with Gasteiger partial charge < -0.3 is 0 Å². The molecule has 1 heterocycles. The molecule has 1 aliphatic heterocycles. The van der Waals surface area contributed by atoms with Crippen molar-refractivity contribution >= 4 is 10.0 Å². The minimum absolute atomic E-state index is 0.0541. The molecule has 0 aromatic heterocycles. The van der Waals surface area contributed by atoms with Crippen molar-refractivity contribution in [3.8, 4) is 6.07 Å². The molecule has 80 valence electrons. The van der Waals surface area contributed by atoms with Gasteiger partial charge in [0.1, 0.15) is 0 Å². The fourth-order valence-corrected chi connectivity index (χ4v) is 3.14. The van der Waals surface area contributed by atoms with Crippen LogP contribution in [-0.2, 0) is 10.0 Å². The summed E-state index contributed by atoms with van der Waals surface area (Å²) in [7, 11) is -3.08. The maximum Gasteiger partial charge on any atom is 0.211 e. The van der Waals surface area contributed by atoms with Crippen molar-refractivity contribution in [3.63, 3.8) is 0 Å². The van der Waals surface area contributed by atoms with E-state index in [1.54, 1.807) is 4.31 Å². The van der Waals surface area contributed by atoms with Crippen molar-refractivity contribution in [2.75, 3.05) is 12.8 Å². The predicted molar refractivity (Wildman–Crippen MR) is 54.0 cm³/mol. The summed E-state index contributed by atoms with van der Waals surface area (Å²) in [6.07, 6.45) is 5.27. The number of sulfonamides is 1. The number of nitrogens with zero attached hydrogens (tertiary/aromatic N) is 2. The zero-order chi connectivity index (χ0) is 10.6. The molecular weight excluding hydrogens is 200 g/mol. The van der Waals surface area contributed by atoms with E-state index in [-0.39, 0.29) is 6.04 Å². The average Bonchev–Trinajstić information content (AvgIpc) is 2.14. The van der Waals surface area contributed by atoms with Gasteiger partial charge in [-0.15, -0.1) is 0 Å². The highest BCUT2D eigenvalue weighted by molar-refractivity contribution is 7.88. The van der Waals surface area contributed by atoms with E-state index in [9.17, 15) is 8.42 Å². The number of rotatable bonds is 3. The van der Waals surface area contributed by atoms with Crippen LogP contribution in [0.1, 0.15) is 32.1 Å². The molecule has 1 saturated heterocycles. The molecule has 0 aromatic carbocycles. The fourth-order valence-electron chi connectivity index (χ4n) is 1.93. The van der Waals surface area contributed by atoms with Gasteiger partial charge in [0.15, 0.2) is 0 Å². The zero-order valence-electron chi connectivity index (χ0n) is 8.44. The lowest BCUT2D eigenvalue weighted by Gasteiger charge is -2.33. The van der Waals surface area contributed by atoms with Gasteiger partial charge in [0, 0.05) is 19.0 Å². The lowest BCUT2D eigenvalue weighted by atomic mass is 10.0. The van der Waals surface area contributed by atoms with Gasteiger partial charge >= 0.3 is 0 Å². The third-order valence-electron chi connectivity index (χ3n) is 2.59. The first-order valence-corrected chi connectivity index (χ1v) is 6.74. The molecule has 0 N–H and O–H groups in total. The predicted octanol–water partition coefficient (Wildman–Crippen LogP) is 1.10. The largest absolute Gasteiger partial charge is 0.212 e. The lowest BCUT2D eigenvalue weighted by molar-refractivity contribution is 0.244. The summed E-state index contributed by atoms with van der Waals surface area (Å²) in [5.74, 6) is 0. The van der Waals surface area contributed by atoms with Crippen LogP contribution in [-0.4, -0.2) is 31.6 Å². The maximum absolute atomic E-state index is 11.4. The van der Waals surface area contributed by atoms with Crippen LogP contribution in [0.15, 0.2) is 0 Å². The average molecular weight is 216 g/mol. The number of hydrogen-bond acceptors (Lipinski definition) is 3.